The third kappa shape index (κ3) is 4.23. The molecule has 0 radical (unpaired) electrons. The van der Waals surface area contributed by atoms with Crippen LogP contribution in [0.1, 0.15) is 4.88 Å². The minimum Gasteiger partial charge on any atom is -0.506 e. The predicted octanol–water partition coefficient (Wildman–Crippen LogP) is 4.56. The van der Waals surface area contributed by atoms with E-state index in [1.54, 1.807) is 23.6 Å². The number of carbonyl (C=O) groups is 1. The first kappa shape index (κ1) is 17.7. The second-order valence-corrected chi connectivity index (χ2v) is 5.47. The Balaban J connectivity index is 2.41. The van der Waals surface area contributed by atoms with Crippen LogP contribution in [0.2, 0.25) is 0 Å². The number of hydrogen-bond donors (Lipinski definition) is 1. The Kier molecular flexibility index (Phi) is 5.40. The molecule has 2 aromatic rings. The molecule has 8 heteroatoms. The van der Waals surface area contributed by atoms with Crippen LogP contribution in [0, 0.1) is 0 Å². The number of methoxy groups -OCH3 is 1. The van der Waals surface area contributed by atoms with Crippen LogP contribution in [0.5, 0.6) is 5.75 Å². The number of carbonyl (C=O) groups excluding carboxylic acids is 1. The zero-order chi connectivity index (χ0) is 17.7. The van der Waals surface area contributed by atoms with Crippen molar-refractivity contribution in [2.45, 2.75) is 6.18 Å². The normalized spacial score (nSPS) is 13.0. The van der Waals surface area contributed by atoms with Gasteiger partial charge in [0.2, 0.25) is 0 Å². The van der Waals surface area contributed by atoms with Crippen LogP contribution in [-0.2, 0) is 4.79 Å². The quantitative estimate of drug-likeness (QED) is 0.486. The van der Waals surface area contributed by atoms with E-state index in [-0.39, 0.29) is 4.88 Å². The summed E-state index contributed by atoms with van der Waals surface area (Å²) in [7, 11) is 1.47. The third-order valence-electron chi connectivity index (χ3n) is 2.93. The highest BCUT2D eigenvalue weighted by molar-refractivity contribution is 7.11. The first-order valence-corrected chi connectivity index (χ1v) is 7.47. The van der Waals surface area contributed by atoms with Gasteiger partial charge < -0.3 is 9.84 Å². The number of aliphatic hydroxyl groups is 1. The largest absolute Gasteiger partial charge is 0.506 e. The summed E-state index contributed by atoms with van der Waals surface area (Å²) in [6.07, 6.45) is -4.40. The van der Waals surface area contributed by atoms with Gasteiger partial charge in [-0.05, 0) is 35.7 Å². The van der Waals surface area contributed by atoms with Gasteiger partial charge in [0.1, 0.15) is 11.5 Å². The molecule has 0 amide bonds. The number of aliphatic hydroxyl groups excluding tert-OH is 1. The maximum atomic E-state index is 12.8. The predicted molar refractivity (Wildman–Crippen MR) is 86.1 cm³/mol. The molecule has 0 aliphatic rings. The van der Waals surface area contributed by atoms with E-state index in [1.807, 2.05) is 0 Å². The highest BCUT2D eigenvalue weighted by atomic mass is 32.1. The lowest BCUT2D eigenvalue weighted by Crippen LogP contribution is -2.26. The Morgan fingerprint density at radius 3 is 2.42 bits per heavy atom. The second kappa shape index (κ2) is 7.31. The molecule has 0 bridgehead atoms. The molecule has 24 heavy (non-hydrogen) atoms. The van der Waals surface area contributed by atoms with Crippen molar-refractivity contribution in [1.29, 1.82) is 0 Å². The van der Waals surface area contributed by atoms with Crippen molar-refractivity contribution in [3.63, 3.8) is 0 Å². The Morgan fingerprint density at radius 1 is 1.25 bits per heavy atom. The van der Waals surface area contributed by atoms with Crippen LogP contribution < -0.4 is 4.74 Å². The molecule has 0 fully saturated rings. The Labute approximate surface area is 139 Å². The van der Waals surface area contributed by atoms with E-state index in [4.69, 9.17) is 4.74 Å². The molecule has 0 saturated heterocycles. The lowest BCUT2D eigenvalue weighted by molar-refractivity contribution is -0.165. The third-order valence-corrected chi connectivity index (χ3v) is 3.80. The summed E-state index contributed by atoms with van der Waals surface area (Å²) in [6.45, 7) is 0. The van der Waals surface area contributed by atoms with Crippen molar-refractivity contribution < 1.29 is 27.8 Å². The zero-order valence-electron chi connectivity index (χ0n) is 12.4. The van der Waals surface area contributed by atoms with Gasteiger partial charge in [-0.15, -0.1) is 11.3 Å². The summed E-state index contributed by atoms with van der Waals surface area (Å²) in [5.41, 5.74) is -0.608. The number of Topliss-reactive ketones (excluding diaryl/α,β-unsaturated/α-hetero) is 1. The molecule has 0 atom stereocenters. The van der Waals surface area contributed by atoms with Crippen LogP contribution in [0.3, 0.4) is 0 Å². The number of nitrogens with zero attached hydrogens (tertiary/aromatic N) is 1. The van der Waals surface area contributed by atoms with Crippen molar-refractivity contribution in [3.05, 3.63) is 52.2 Å². The number of halogens is 3. The highest BCUT2D eigenvalue weighted by Gasteiger charge is 2.41. The van der Waals surface area contributed by atoms with Gasteiger partial charge in [-0.25, -0.2) is 0 Å². The van der Waals surface area contributed by atoms with Crippen molar-refractivity contribution in [1.82, 2.24) is 0 Å². The molecule has 0 unspecified atom stereocenters. The van der Waals surface area contributed by atoms with Gasteiger partial charge in [0, 0.05) is 6.21 Å². The van der Waals surface area contributed by atoms with Crippen molar-refractivity contribution in [2.24, 2.45) is 4.99 Å². The van der Waals surface area contributed by atoms with Gasteiger partial charge in [-0.2, -0.15) is 13.2 Å². The summed E-state index contributed by atoms with van der Waals surface area (Å²) < 4.78 is 43.2. The van der Waals surface area contributed by atoms with Crippen molar-refractivity contribution >= 4 is 34.8 Å². The van der Waals surface area contributed by atoms with Gasteiger partial charge in [0.15, 0.2) is 0 Å². The van der Waals surface area contributed by atoms with Gasteiger partial charge >= 0.3 is 6.18 Å². The number of ether oxygens (including phenoxy) is 1. The molecule has 0 spiro atoms. The summed E-state index contributed by atoms with van der Waals surface area (Å²) in [5, 5.41) is 11.6. The van der Waals surface area contributed by atoms with Gasteiger partial charge in [0.05, 0.1) is 23.2 Å². The number of hydrogen-bond acceptors (Lipinski definition) is 5. The average Bonchev–Trinajstić information content (AvgIpc) is 3.08. The van der Waals surface area contributed by atoms with E-state index in [2.05, 4.69) is 4.99 Å². The molecular weight excluding hydrogens is 343 g/mol. The van der Waals surface area contributed by atoms with Gasteiger partial charge in [-0.3, -0.25) is 9.79 Å². The Bertz CT molecular complexity index is 763. The molecule has 0 aliphatic heterocycles. The molecular formula is C16H12F3NO3S. The van der Waals surface area contributed by atoms with Crippen LogP contribution in [0.25, 0.3) is 5.76 Å². The van der Waals surface area contributed by atoms with Crippen LogP contribution in [0.15, 0.2) is 52.3 Å². The summed E-state index contributed by atoms with van der Waals surface area (Å²) in [4.78, 5) is 15.5. The highest BCUT2D eigenvalue weighted by Crippen LogP contribution is 2.27. The summed E-state index contributed by atoms with van der Waals surface area (Å²) in [6, 6.07) is 9.11. The fourth-order valence-corrected chi connectivity index (χ4v) is 2.42. The monoisotopic (exact) mass is 355 g/mol. The standard InChI is InChI=1S/C16H12F3NO3S/c1-23-11-6-4-10(5-7-11)20-9-12(15(22)16(17,18)19)14(21)13-3-2-8-24-13/h2-9,21H,1H3/b14-12+,20-9?. The summed E-state index contributed by atoms with van der Waals surface area (Å²) in [5.74, 6) is -2.37. The van der Waals surface area contributed by atoms with Crippen molar-refractivity contribution in [3.8, 4) is 5.75 Å². The van der Waals surface area contributed by atoms with E-state index in [1.165, 1.54) is 25.3 Å². The van der Waals surface area contributed by atoms with E-state index in [9.17, 15) is 23.1 Å². The lowest BCUT2D eigenvalue weighted by Gasteiger charge is -2.08. The second-order valence-electron chi connectivity index (χ2n) is 4.52. The SMILES string of the molecule is COc1ccc(N=C/C(C(=O)C(F)(F)F)=C(\O)c2cccs2)cc1. The minimum absolute atomic E-state index is 0.142. The topological polar surface area (TPSA) is 58.9 Å². The molecule has 1 N–H and O–H groups in total. The van der Waals surface area contributed by atoms with E-state index in [0.717, 1.165) is 11.3 Å². The fraction of sp³-hybridized carbons (Fsp3) is 0.125. The Hall–Kier alpha value is -2.61. The van der Waals surface area contributed by atoms with Crippen LogP contribution in [0.4, 0.5) is 18.9 Å². The van der Waals surface area contributed by atoms with E-state index in [0.29, 0.717) is 17.7 Å². The number of benzene rings is 1. The van der Waals surface area contributed by atoms with Gasteiger partial charge in [-0.1, -0.05) is 6.07 Å². The first-order valence-electron chi connectivity index (χ1n) is 6.59. The van der Waals surface area contributed by atoms with Crippen LogP contribution >= 0.6 is 11.3 Å². The molecule has 126 valence electrons. The molecule has 0 aliphatic carbocycles. The molecule has 1 aromatic heterocycles. The fourth-order valence-electron chi connectivity index (χ4n) is 1.73. The van der Waals surface area contributed by atoms with E-state index >= 15 is 0 Å². The minimum atomic E-state index is -5.12. The number of thiophene rings is 1. The number of alkyl halides is 3. The summed E-state index contributed by atoms with van der Waals surface area (Å²) >= 11 is 1.01. The van der Waals surface area contributed by atoms with Gasteiger partial charge in [0.25, 0.3) is 5.78 Å². The Morgan fingerprint density at radius 2 is 1.92 bits per heavy atom. The number of ketones is 1. The van der Waals surface area contributed by atoms with Crippen molar-refractivity contribution in [2.75, 3.05) is 7.11 Å². The molecule has 4 nitrogen and oxygen atoms in total. The first-order chi connectivity index (χ1) is 11.3. The smallest absolute Gasteiger partial charge is 0.455 e. The number of aliphatic imine (C=N–C) groups is 1. The molecule has 1 heterocycles. The van der Waals surface area contributed by atoms with E-state index < -0.39 is 23.3 Å². The lowest BCUT2D eigenvalue weighted by atomic mass is 10.1. The molecule has 2 rings (SSSR count). The van der Waals surface area contributed by atoms with Crippen LogP contribution in [-0.4, -0.2) is 30.4 Å². The number of allylic oxidation sites excluding steroid dienone is 1. The molecule has 1 aromatic carbocycles. The molecule has 0 saturated carbocycles. The number of rotatable bonds is 5. The average molecular weight is 355 g/mol. The zero-order valence-corrected chi connectivity index (χ0v) is 13.2. The maximum Gasteiger partial charge on any atom is 0.455 e. The maximum absolute atomic E-state index is 12.8.